The van der Waals surface area contributed by atoms with Crippen LogP contribution < -0.4 is 11.4 Å². The number of hydrogen-bond acceptors (Lipinski definition) is 3. The third-order valence-electron chi connectivity index (χ3n) is 3.54. The number of ether oxygens (including phenoxy) is 1. The molecule has 5 nitrogen and oxygen atoms in total. The number of alkyl halides is 2. The molecular weight excluding hydrogens is 280 g/mol. The van der Waals surface area contributed by atoms with Gasteiger partial charge >= 0.3 is 5.69 Å². The summed E-state index contributed by atoms with van der Waals surface area (Å²) in [5.41, 5.74) is 8.41. The Morgan fingerprint density at radius 2 is 1.90 bits per heavy atom. The SMILES string of the molecule is Cn1c(=O)n(C)c2cc(C(N)CCOCC(F)F)ccc21. The first kappa shape index (κ1) is 15.7. The summed E-state index contributed by atoms with van der Waals surface area (Å²) in [5.74, 6) is 0. The van der Waals surface area contributed by atoms with Gasteiger partial charge in [0.2, 0.25) is 0 Å². The Morgan fingerprint density at radius 1 is 1.24 bits per heavy atom. The highest BCUT2D eigenvalue weighted by atomic mass is 19.3. The van der Waals surface area contributed by atoms with Crippen LogP contribution in [0.15, 0.2) is 23.0 Å². The van der Waals surface area contributed by atoms with Crippen molar-refractivity contribution in [3.8, 4) is 0 Å². The van der Waals surface area contributed by atoms with E-state index in [1.807, 2.05) is 18.2 Å². The minimum Gasteiger partial charge on any atom is -0.375 e. The average molecular weight is 299 g/mol. The first-order chi connectivity index (χ1) is 9.91. The summed E-state index contributed by atoms with van der Waals surface area (Å²) in [7, 11) is 3.41. The molecule has 21 heavy (non-hydrogen) atoms. The minimum atomic E-state index is -2.46. The van der Waals surface area contributed by atoms with Crippen LogP contribution in [0.2, 0.25) is 0 Å². The second-order valence-corrected chi connectivity index (χ2v) is 5.01. The fourth-order valence-corrected chi connectivity index (χ4v) is 2.30. The summed E-state index contributed by atoms with van der Waals surface area (Å²) in [6.45, 7) is -0.393. The van der Waals surface area contributed by atoms with Gasteiger partial charge in [0.15, 0.2) is 0 Å². The number of fused-ring (bicyclic) bond motifs is 1. The molecule has 1 unspecified atom stereocenters. The van der Waals surface area contributed by atoms with Crippen LogP contribution in [0.4, 0.5) is 8.78 Å². The Balaban J connectivity index is 2.12. The maximum Gasteiger partial charge on any atom is 0.328 e. The summed E-state index contributed by atoms with van der Waals surface area (Å²) < 4.78 is 31.9. The smallest absolute Gasteiger partial charge is 0.328 e. The molecule has 1 atom stereocenters. The fourth-order valence-electron chi connectivity index (χ4n) is 2.30. The predicted molar refractivity (Wildman–Crippen MR) is 76.5 cm³/mol. The van der Waals surface area contributed by atoms with Gasteiger partial charge in [-0.05, 0) is 24.1 Å². The molecule has 0 saturated carbocycles. The van der Waals surface area contributed by atoms with E-state index in [1.165, 1.54) is 0 Å². The van der Waals surface area contributed by atoms with Crippen LogP contribution >= 0.6 is 0 Å². The van der Waals surface area contributed by atoms with E-state index in [9.17, 15) is 13.6 Å². The Labute approximate surface area is 120 Å². The molecule has 0 fully saturated rings. The van der Waals surface area contributed by atoms with Gasteiger partial charge in [0.1, 0.15) is 6.61 Å². The van der Waals surface area contributed by atoms with E-state index in [1.54, 1.807) is 23.2 Å². The van der Waals surface area contributed by atoms with Crippen LogP contribution in [0, 0.1) is 0 Å². The molecule has 0 radical (unpaired) electrons. The van der Waals surface area contributed by atoms with Gasteiger partial charge in [-0.3, -0.25) is 9.13 Å². The highest BCUT2D eigenvalue weighted by Gasteiger charge is 2.12. The number of nitrogens with zero attached hydrogens (tertiary/aromatic N) is 2. The number of rotatable bonds is 6. The zero-order chi connectivity index (χ0) is 15.6. The van der Waals surface area contributed by atoms with E-state index < -0.39 is 13.0 Å². The van der Waals surface area contributed by atoms with Crippen LogP contribution in [-0.4, -0.2) is 28.8 Å². The Morgan fingerprint density at radius 3 is 2.57 bits per heavy atom. The molecule has 1 aromatic carbocycles. The molecule has 116 valence electrons. The lowest BCUT2D eigenvalue weighted by molar-refractivity contribution is 0.0152. The molecule has 2 N–H and O–H groups in total. The van der Waals surface area contributed by atoms with E-state index in [0.29, 0.717) is 6.42 Å². The summed E-state index contributed by atoms with van der Waals surface area (Å²) in [5, 5.41) is 0. The van der Waals surface area contributed by atoms with Crippen molar-refractivity contribution in [2.45, 2.75) is 18.9 Å². The van der Waals surface area contributed by atoms with Crippen molar-refractivity contribution in [1.29, 1.82) is 0 Å². The number of hydrogen-bond donors (Lipinski definition) is 1. The molecule has 0 amide bonds. The monoisotopic (exact) mass is 299 g/mol. The van der Waals surface area contributed by atoms with E-state index in [4.69, 9.17) is 10.5 Å². The topological polar surface area (TPSA) is 62.2 Å². The van der Waals surface area contributed by atoms with E-state index in [0.717, 1.165) is 16.6 Å². The molecule has 0 saturated heterocycles. The molecule has 0 bridgehead atoms. The summed E-state index contributed by atoms with van der Waals surface area (Å²) in [6.07, 6.45) is -2.02. The standard InChI is InChI=1S/C14H19F2N3O2/c1-18-11-4-3-9(7-12(11)19(2)14(18)20)10(17)5-6-21-8-13(15)16/h3-4,7,10,13H,5-6,8,17H2,1-2H3. The fraction of sp³-hybridized carbons (Fsp3) is 0.500. The van der Waals surface area contributed by atoms with Crippen LogP contribution in [0.5, 0.6) is 0 Å². The van der Waals surface area contributed by atoms with Gasteiger partial charge in [-0.1, -0.05) is 6.07 Å². The van der Waals surface area contributed by atoms with Crippen LogP contribution in [0.1, 0.15) is 18.0 Å². The lowest BCUT2D eigenvalue weighted by Gasteiger charge is -2.12. The minimum absolute atomic E-state index is 0.101. The van der Waals surface area contributed by atoms with Crippen molar-refractivity contribution in [1.82, 2.24) is 9.13 Å². The normalized spacial score (nSPS) is 13.2. The van der Waals surface area contributed by atoms with Gasteiger partial charge in [0.05, 0.1) is 11.0 Å². The van der Waals surface area contributed by atoms with Crippen LogP contribution in [-0.2, 0) is 18.8 Å². The summed E-state index contributed by atoms with van der Waals surface area (Å²) >= 11 is 0. The molecule has 1 heterocycles. The number of aromatic nitrogens is 2. The summed E-state index contributed by atoms with van der Waals surface area (Å²) in [6, 6.07) is 5.22. The van der Waals surface area contributed by atoms with Gasteiger partial charge < -0.3 is 10.5 Å². The Kier molecular flexibility index (Phi) is 4.74. The first-order valence-corrected chi connectivity index (χ1v) is 6.68. The zero-order valence-electron chi connectivity index (χ0n) is 12.1. The van der Waals surface area contributed by atoms with Gasteiger partial charge in [-0.2, -0.15) is 0 Å². The highest BCUT2D eigenvalue weighted by molar-refractivity contribution is 5.77. The van der Waals surface area contributed by atoms with Crippen molar-refractivity contribution in [2.24, 2.45) is 19.8 Å². The maximum absolute atomic E-state index is 12.0. The molecular formula is C14H19F2N3O2. The Bertz CT molecular complexity index is 679. The molecule has 0 spiro atoms. The van der Waals surface area contributed by atoms with Gasteiger partial charge in [-0.15, -0.1) is 0 Å². The van der Waals surface area contributed by atoms with E-state index in [2.05, 4.69) is 0 Å². The lowest BCUT2D eigenvalue weighted by atomic mass is 10.0. The molecule has 7 heteroatoms. The zero-order valence-corrected chi connectivity index (χ0v) is 12.1. The van der Waals surface area contributed by atoms with Gasteiger partial charge in [0.25, 0.3) is 6.43 Å². The largest absolute Gasteiger partial charge is 0.375 e. The van der Waals surface area contributed by atoms with Crippen molar-refractivity contribution in [3.05, 3.63) is 34.2 Å². The molecule has 0 aliphatic carbocycles. The number of halogens is 2. The second kappa shape index (κ2) is 6.36. The molecule has 0 aliphatic rings. The number of nitrogens with two attached hydrogens (primary N) is 1. The highest BCUT2D eigenvalue weighted by Crippen LogP contribution is 2.20. The van der Waals surface area contributed by atoms with Crippen molar-refractivity contribution in [2.75, 3.05) is 13.2 Å². The molecule has 2 aromatic rings. The second-order valence-electron chi connectivity index (χ2n) is 5.01. The molecule has 2 rings (SSSR count). The quantitative estimate of drug-likeness (QED) is 0.823. The molecule has 0 aliphatic heterocycles. The predicted octanol–water partition coefficient (Wildman–Crippen LogP) is 1.55. The van der Waals surface area contributed by atoms with Crippen molar-refractivity contribution >= 4 is 11.0 Å². The third kappa shape index (κ3) is 3.30. The van der Waals surface area contributed by atoms with Gasteiger partial charge in [0, 0.05) is 26.7 Å². The van der Waals surface area contributed by atoms with E-state index in [-0.39, 0.29) is 18.3 Å². The number of aryl methyl sites for hydroxylation is 2. The third-order valence-corrected chi connectivity index (χ3v) is 3.54. The average Bonchev–Trinajstić information content (AvgIpc) is 2.68. The van der Waals surface area contributed by atoms with Crippen molar-refractivity contribution in [3.63, 3.8) is 0 Å². The van der Waals surface area contributed by atoms with E-state index >= 15 is 0 Å². The Hall–Kier alpha value is -1.73. The maximum atomic E-state index is 12.0. The van der Waals surface area contributed by atoms with Gasteiger partial charge in [-0.25, -0.2) is 13.6 Å². The first-order valence-electron chi connectivity index (χ1n) is 6.68. The van der Waals surface area contributed by atoms with Crippen molar-refractivity contribution < 1.29 is 13.5 Å². The number of imidazole rings is 1. The molecule has 1 aromatic heterocycles. The number of benzene rings is 1. The lowest BCUT2D eigenvalue weighted by Crippen LogP contribution is -2.19. The van der Waals surface area contributed by atoms with Crippen LogP contribution in [0.25, 0.3) is 11.0 Å². The summed E-state index contributed by atoms with van der Waals surface area (Å²) in [4.78, 5) is 11.8. The van der Waals surface area contributed by atoms with Crippen LogP contribution in [0.3, 0.4) is 0 Å².